The summed E-state index contributed by atoms with van der Waals surface area (Å²) in [5.41, 5.74) is 4.23. The van der Waals surface area contributed by atoms with Crippen LogP contribution in [0.5, 0.6) is 0 Å². The number of pyridine rings is 1. The first kappa shape index (κ1) is 13.5. The number of esters is 1. The Kier molecular flexibility index (Phi) is 4.15. The van der Waals surface area contributed by atoms with E-state index in [0.717, 1.165) is 18.4 Å². The Morgan fingerprint density at radius 1 is 1.47 bits per heavy atom. The van der Waals surface area contributed by atoms with Crippen LogP contribution in [-0.2, 0) is 4.74 Å². The van der Waals surface area contributed by atoms with Crippen LogP contribution in [0.4, 0.5) is 0 Å². The molecule has 100 valence electrons. The van der Waals surface area contributed by atoms with Crippen LogP contribution in [0.3, 0.4) is 0 Å². The minimum Gasteiger partial charge on any atom is -0.458 e. The Bertz CT molecular complexity index is 517. The number of carbonyl (C=O) groups excluding carboxylic acids is 1. The number of allylic oxidation sites excluding steroid dienone is 2. The average Bonchev–Trinajstić information content (AvgIpc) is 2.78. The lowest BCUT2D eigenvalue weighted by Gasteiger charge is -2.15. The molecule has 0 unspecified atom stereocenters. The molecule has 0 aliphatic heterocycles. The standard InChI is InChI=1S/C16H19NO2/c1-11(2)14-5-4-12(3)15(14)10-19-16(18)13-6-8-17-9-7-13/h6-9,14H,1,4-5,10H2,2-3H3/t14-/m1/s1. The maximum absolute atomic E-state index is 11.9. The Labute approximate surface area is 114 Å². The van der Waals surface area contributed by atoms with E-state index in [1.165, 1.54) is 11.1 Å². The number of carbonyl (C=O) groups is 1. The lowest BCUT2D eigenvalue weighted by molar-refractivity contribution is 0.0534. The summed E-state index contributed by atoms with van der Waals surface area (Å²) in [5, 5.41) is 0. The number of aromatic nitrogens is 1. The number of ether oxygens (including phenoxy) is 1. The molecule has 0 amide bonds. The molecule has 2 rings (SSSR count). The molecule has 1 atom stereocenters. The predicted molar refractivity (Wildman–Crippen MR) is 74.8 cm³/mol. The predicted octanol–water partition coefficient (Wildman–Crippen LogP) is 3.54. The van der Waals surface area contributed by atoms with Crippen molar-refractivity contribution in [1.29, 1.82) is 0 Å². The van der Waals surface area contributed by atoms with Gasteiger partial charge in [-0.3, -0.25) is 4.98 Å². The number of hydrogen-bond donors (Lipinski definition) is 0. The third-order valence-corrected chi connectivity index (χ3v) is 3.65. The van der Waals surface area contributed by atoms with Gasteiger partial charge in [0.15, 0.2) is 0 Å². The molecule has 0 radical (unpaired) electrons. The van der Waals surface area contributed by atoms with E-state index in [2.05, 4.69) is 18.5 Å². The maximum Gasteiger partial charge on any atom is 0.338 e. The van der Waals surface area contributed by atoms with E-state index in [1.54, 1.807) is 24.5 Å². The van der Waals surface area contributed by atoms with Crippen molar-refractivity contribution in [2.24, 2.45) is 5.92 Å². The fourth-order valence-electron chi connectivity index (χ4n) is 2.48. The Morgan fingerprint density at radius 3 is 2.79 bits per heavy atom. The van der Waals surface area contributed by atoms with Crippen LogP contribution >= 0.6 is 0 Å². The third kappa shape index (κ3) is 3.11. The van der Waals surface area contributed by atoms with E-state index < -0.39 is 0 Å². The van der Waals surface area contributed by atoms with E-state index in [1.807, 2.05) is 6.92 Å². The van der Waals surface area contributed by atoms with Crippen LogP contribution in [0.15, 0.2) is 47.8 Å². The van der Waals surface area contributed by atoms with Gasteiger partial charge in [0.1, 0.15) is 6.61 Å². The first-order valence-corrected chi connectivity index (χ1v) is 6.50. The third-order valence-electron chi connectivity index (χ3n) is 3.65. The van der Waals surface area contributed by atoms with Gasteiger partial charge < -0.3 is 4.74 Å². The highest BCUT2D eigenvalue weighted by Crippen LogP contribution is 2.36. The zero-order chi connectivity index (χ0) is 13.8. The van der Waals surface area contributed by atoms with Gasteiger partial charge in [-0.2, -0.15) is 0 Å². The quantitative estimate of drug-likeness (QED) is 0.611. The summed E-state index contributed by atoms with van der Waals surface area (Å²) in [6, 6.07) is 3.32. The summed E-state index contributed by atoms with van der Waals surface area (Å²) in [6.45, 7) is 8.54. The molecule has 19 heavy (non-hydrogen) atoms. The molecule has 1 aliphatic rings. The first-order valence-electron chi connectivity index (χ1n) is 6.50. The second-order valence-corrected chi connectivity index (χ2v) is 5.06. The Morgan fingerprint density at radius 2 is 2.16 bits per heavy atom. The van der Waals surface area contributed by atoms with Gasteiger partial charge in [0.2, 0.25) is 0 Å². The van der Waals surface area contributed by atoms with Crippen molar-refractivity contribution in [2.75, 3.05) is 6.61 Å². The number of nitrogens with zero attached hydrogens (tertiary/aromatic N) is 1. The van der Waals surface area contributed by atoms with Gasteiger partial charge in [0.25, 0.3) is 0 Å². The van der Waals surface area contributed by atoms with Crippen LogP contribution in [0.2, 0.25) is 0 Å². The van der Waals surface area contributed by atoms with Gasteiger partial charge in [-0.1, -0.05) is 17.7 Å². The largest absolute Gasteiger partial charge is 0.458 e. The highest BCUT2D eigenvalue weighted by molar-refractivity contribution is 5.89. The van der Waals surface area contributed by atoms with Gasteiger partial charge >= 0.3 is 5.97 Å². The summed E-state index contributed by atoms with van der Waals surface area (Å²) in [4.78, 5) is 15.8. The fourth-order valence-corrected chi connectivity index (χ4v) is 2.48. The molecule has 0 saturated heterocycles. The van der Waals surface area contributed by atoms with Crippen LogP contribution in [0.1, 0.15) is 37.0 Å². The van der Waals surface area contributed by atoms with E-state index in [0.29, 0.717) is 18.1 Å². The molecule has 1 aromatic heterocycles. The molecule has 1 heterocycles. The molecule has 0 N–H and O–H groups in total. The van der Waals surface area contributed by atoms with Gasteiger partial charge in [0.05, 0.1) is 5.56 Å². The molecular weight excluding hydrogens is 238 g/mol. The molecule has 1 aromatic rings. The minimum atomic E-state index is -0.296. The summed E-state index contributed by atoms with van der Waals surface area (Å²) in [6.07, 6.45) is 5.34. The highest BCUT2D eigenvalue weighted by Gasteiger charge is 2.24. The van der Waals surface area contributed by atoms with Gasteiger partial charge in [-0.15, -0.1) is 0 Å². The van der Waals surface area contributed by atoms with Crippen molar-refractivity contribution >= 4 is 5.97 Å². The maximum atomic E-state index is 11.9. The Balaban J connectivity index is 2.01. The van der Waals surface area contributed by atoms with Gasteiger partial charge in [0, 0.05) is 18.3 Å². The van der Waals surface area contributed by atoms with Gasteiger partial charge in [-0.25, -0.2) is 4.79 Å². The molecule has 3 nitrogen and oxygen atoms in total. The highest BCUT2D eigenvalue weighted by atomic mass is 16.5. The number of rotatable bonds is 4. The smallest absolute Gasteiger partial charge is 0.338 e. The Hall–Kier alpha value is -1.90. The fraction of sp³-hybridized carbons (Fsp3) is 0.375. The first-order chi connectivity index (χ1) is 9.09. The van der Waals surface area contributed by atoms with Crippen molar-refractivity contribution < 1.29 is 9.53 Å². The lowest BCUT2D eigenvalue weighted by Crippen LogP contribution is -2.12. The van der Waals surface area contributed by atoms with Crippen molar-refractivity contribution in [3.63, 3.8) is 0 Å². The lowest BCUT2D eigenvalue weighted by atomic mass is 9.94. The zero-order valence-electron chi connectivity index (χ0n) is 11.5. The second-order valence-electron chi connectivity index (χ2n) is 5.06. The van der Waals surface area contributed by atoms with E-state index in [-0.39, 0.29) is 5.97 Å². The molecular formula is C16H19NO2. The summed E-state index contributed by atoms with van der Waals surface area (Å²) < 4.78 is 5.40. The van der Waals surface area contributed by atoms with E-state index in [9.17, 15) is 4.79 Å². The van der Waals surface area contributed by atoms with Crippen molar-refractivity contribution in [3.8, 4) is 0 Å². The molecule has 1 aliphatic carbocycles. The monoisotopic (exact) mass is 257 g/mol. The SMILES string of the molecule is C=C(C)[C@H]1CCC(C)=C1COC(=O)c1ccncc1. The van der Waals surface area contributed by atoms with E-state index >= 15 is 0 Å². The average molecular weight is 257 g/mol. The van der Waals surface area contributed by atoms with E-state index in [4.69, 9.17) is 4.74 Å². The molecule has 0 spiro atoms. The molecule has 3 heteroatoms. The van der Waals surface area contributed by atoms with Crippen molar-refractivity contribution in [3.05, 3.63) is 53.4 Å². The van der Waals surface area contributed by atoms with Crippen molar-refractivity contribution in [1.82, 2.24) is 4.98 Å². The molecule has 0 aromatic carbocycles. The van der Waals surface area contributed by atoms with Crippen molar-refractivity contribution in [2.45, 2.75) is 26.7 Å². The minimum absolute atomic E-state index is 0.296. The molecule has 0 saturated carbocycles. The summed E-state index contributed by atoms with van der Waals surface area (Å²) >= 11 is 0. The summed E-state index contributed by atoms with van der Waals surface area (Å²) in [7, 11) is 0. The number of hydrogen-bond acceptors (Lipinski definition) is 3. The topological polar surface area (TPSA) is 39.2 Å². The van der Waals surface area contributed by atoms with Crippen LogP contribution in [-0.4, -0.2) is 17.6 Å². The molecule has 0 fully saturated rings. The van der Waals surface area contributed by atoms with Gasteiger partial charge in [-0.05, 0) is 44.4 Å². The zero-order valence-corrected chi connectivity index (χ0v) is 11.5. The normalized spacial score (nSPS) is 18.5. The molecule has 0 bridgehead atoms. The van der Waals surface area contributed by atoms with Crippen LogP contribution in [0.25, 0.3) is 0 Å². The summed E-state index contributed by atoms with van der Waals surface area (Å²) in [5.74, 6) is 0.0697. The second kappa shape index (κ2) is 5.83. The van der Waals surface area contributed by atoms with Crippen LogP contribution in [0, 0.1) is 5.92 Å². The van der Waals surface area contributed by atoms with Crippen LogP contribution < -0.4 is 0 Å².